The monoisotopic (exact) mass is 171 g/mol. The van der Waals surface area contributed by atoms with Crippen molar-refractivity contribution in [3.05, 3.63) is 0 Å². The van der Waals surface area contributed by atoms with Crippen LogP contribution >= 0.6 is 0 Å². The summed E-state index contributed by atoms with van der Waals surface area (Å²) < 4.78 is 34.3. The molecule has 0 aliphatic rings. The van der Waals surface area contributed by atoms with Crippen molar-refractivity contribution in [2.45, 2.75) is 18.6 Å². The van der Waals surface area contributed by atoms with E-state index in [9.17, 15) is 13.2 Å². The van der Waals surface area contributed by atoms with Gasteiger partial charge in [0.05, 0.1) is 6.54 Å². The topological polar surface area (TPSA) is 12.0 Å². The van der Waals surface area contributed by atoms with Gasteiger partial charge in [0.25, 0.3) is 0 Å². The normalized spacial score (nSPS) is 12.3. The predicted octanol–water partition coefficient (Wildman–Crippen LogP) is 0.312. The Morgan fingerprint density at radius 3 is 2.30 bits per heavy atom. The maximum Gasteiger partial charge on any atom is 0.401 e. The van der Waals surface area contributed by atoms with Crippen molar-refractivity contribution >= 4 is 10.2 Å². The summed E-state index contributed by atoms with van der Waals surface area (Å²) in [6, 6.07) is 1.06. The van der Waals surface area contributed by atoms with Crippen LogP contribution in [0.4, 0.5) is 13.2 Å². The Hall–Kier alpha value is -0.0331. The first-order chi connectivity index (χ1) is 4.56. The summed E-state index contributed by atoms with van der Waals surface area (Å²) in [6.07, 6.45) is -3.19. The zero-order valence-corrected chi connectivity index (χ0v) is 7.96. The van der Waals surface area contributed by atoms with Crippen molar-refractivity contribution in [1.29, 1.82) is 0 Å². The lowest BCUT2D eigenvalue weighted by Gasteiger charge is -2.06. The molecule has 0 rings (SSSR count). The lowest BCUT2D eigenvalue weighted by Crippen LogP contribution is -2.29. The van der Waals surface area contributed by atoms with E-state index in [-0.39, 0.29) is 0 Å². The maximum absolute atomic E-state index is 11.4. The third-order valence-corrected chi connectivity index (χ3v) is 1.74. The van der Waals surface area contributed by atoms with Crippen molar-refractivity contribution in [3.8, 4) is 0 Å². The molecule has 5 heteroatoms. The molecule has 0 atom stereocenters. The van der Waals surface area contributed by atoms with Crippen LogP contribution in [0.1, 0.15) is 6.42 Å². The number of alkyl halides is 3. The van der Waals surface area contributed by atoms with Gasteiger partial charge < -0.3 is 5.32 Å². The van der Waals surface area contributed by atoms with Gasteiger partial charge in [0.15, 0.2) is 0 Å². The molecule has 1 N–H and O–H groups in total. The summed E-state index contributed by atoms with van der Waals surface area (Å²) in [7, 11) is 1.07. The third kappa shape index (κ3) is 7.97. The SMILES string of the molecule is FC(F)(F)CNCCC[SiH3]. The Morgan fingerprint density at radius 1 is 1.30 bits per heavy atom. The third-order valence-electron chi connectivity index (χ3n) is 1.03. The standard InChI is InChI=1S/C5H12F3NSi/c6-5(7,8)4-9-2-1-3-10/h9H,1-4H2,10H3. The number of nitrogens with one attached hydrogen (secondary N) is 1. The molecule has 62 valence electrons. The Morgan fingerprint density at radius 2 is 1.90 bits per heavy atom. The van der Waals surface area contributed by atoms with Crippen LogP contribution in [-0.2, 0) is 0 Å². The van der Waals surface area contributed by atoms with Gasteiger partial charge in [-0.1, -0.05) is 6.04 Å². The quantitative estimate of drug-likeness (QED) is 0.474. The second kappa shape index (κ2) is 4.73. The summed E-state index contributed by atoms with van der Waals surface area (Å²) in [4.78, 5) is 0. The highest BCUT2D eigenvalue weighted by Crippen LogP contribution is 2.11. The first-order valence-electron chi connectivity index (χ1n) is 3.33. The van der Waals surface area contributed by atoms with E-state index in [0.717, 1.165) is 22.7 Å². The average Bonchev–Trinajstić information content (AvgIpc) is 1.78. The molecule has 0 heterocycles. The molecule has 0 fully saturated rings. The summed E-state index contributed by atoms with van der Waals surface area (Å²) in [5.41, 5.74) is 0. The summed E-state index contributed by atoms with van der Waals surface area (Å²) in [5, 5.41) is 2.32. The molecule has 0 saturated heterocycles. The van der Waals surface area contributed by atoms with Crippen LogP contribution in [0.2, 0.25) is 6.04 Å². The maximum atomic E-state index is 11.4. The Labute approximate surface area is 61.4 Å². The van der Waals surface area contributed by atoms with Crippen LogP contribution in [0.5, 0.6) is 0 Å². The molecular formula is C5H12F3NSi. The van der Waals surface area contributed by atoms with Gasteiger partial charge in [-0.15, -0.1) is 0 Å². The number of hydrogen-bond donors (Lipinski definition) is 1. The van der Waals surface area contributed by atoms with Crippen LogP contribution < -0.4 is 5.32 Å². The molecule has 10 heavy (non-hydrogen) atoms. The molecule has 0 aliphatic heterocycles. The summed E-state index contributed by atoms with van der Waals surface area (Å²) in [5.74, 6) is 0. The second-order valence-electron chi connectivity index (χ2n) is 2.15. The highest BCUT2D eigenvalue weighted by molar-refractivity contribution is 6.08. The van der Waals surface area contributed by atoms with E-state index in [1.54, 1.807) is 0 Å². The van der Waals surface area contributed by atoms with E-state index in [1.165, 1.54) is 0 Å². The van der Waals surface area contributed by atoms with E-state index in [1.807, 2.05) is 0 Å². The molecule has 0 unspecified atom stereocenters. The van der Waals surface area contributed by atoms with Crippen LogP contribution in [0.3, 0.4) is 0 Å². The lowest BCUT2D eigenvalue weighted by atomic mass is 10.4. The van der Waals surface area contributed by atoms with Crippen molar-refractivity contribution in [2.75, 3.05) is 13.1 Å². The minimum absolute atomic E-state index is 0.489. The molecule has 1 nitrogen and oxygen atoms in total. The second-order valence-corrected chi connectivity index (χ2v) is 3.15. The summed E-state index contributed by atoms with van der Waals surface area (Å²) >= 11 is 0. The van der Waals surface area contributed by atoms with E-state index >= 15 is 0 Å². The molecule has 0 aromatic heterocycles. The largest absolute Gasteiger partial charge is 0.401 e. The first-order valence-corrected chi connectivity index (χ1v) is 4.75. The summed E-state index contributed by atoms with van der Waals surface area (Å²) in [6.45, 7) is -0.364. The molecule has 0 aromatic rings. The van der Waals surface area contributed by atoms with Gasteiger partial charge in [-0.25, -0.2) is 0 Å². The van der Waals surface area contributed by atoms with Crippen molar-refractivity contribution in [3.63, 3.8) is 0 Å². The minimum atomic E-state index is -4.05. The Kier molecular flexibility index (Phi) is 4.72. The van der Waals surface area contributed by atoms with E-state index < -0.39 is 12.7 Å². The zero-order valence-electron chi connectivity index (χ0n) is 5.96. The molecular weight excluding hydrogens is 159 g/mol. The fraction of sp³-hybridized carbons (Fsp3) is 1.00. The first kappa shape index (κ1) is 9.97. The van der Waals surface area contributed by atoms with E-state index in [4.69, 9.17) is 0 Å². The van der Waals surface area contributed by atoms with Gasteiger partial charge in [-0.05, 0) is 13.0 Å². The molecule has 0 aliphatic carbocycles. The van der Waals surface area contributed by atoms with Gasteiger partial charge in [-0.3, -0.25) is 0 Å². The van der Waals surface area contributed by atoms with Crippen molar-refractivity contribution in [1.82, 2.24) is 5.32 Å². The highest BCUT2D eigenvalue weighted by Gasteiger charge is 2.25. The fourth-order valence-corrected chi connectivity index (χ4v) is 0.885. The van der Waals surface area contributed by atoms with Crippen molar-refractivity contribution in [2.24, 2.45) is 0 Å². The number of rotatable bonds is 4. The van der Waals surface area contributed by atoms with Crippen molar-refractivity contribution < 1.29 is 13.2 Å². The molecule has 0 spiro atoms. The van der Waals surface area contributed by atoms with Gasteiger partial charge in [0.2, 0.25) is 0 Å². The molecule has 0 amide bonds. The minimum Gasteiger partial charge on any atom is -0.309 e. The van der Waals surface area contributed by atoms with Gasteiger partial charge in [-0.2, -0.15) is 13.2 Å². The lowest BCUT2D eigenvalue weighted by molar-refractivity contribution is -0.124. The van der Waals surface area contributed by atoms with Crippen LogP contribution in [0.15, 0.2) is 0 Å². The predicted molar refractivity (Wildman–Crippen MR) is 38.3 cm³/mol. The average molecular weight is 171 g/mol. The van der Waals surface area contributed by atoms with Crippen LogP contribution in [-0.4, -0.2) is 29.5 Å². The fourth-order valence-electron chi connectivity index (χ4n) is 0.532. The number of hydrogen-bond acceptors (Lipinski definition) is 1. The van der Waals surface area contributed by atoms with E-state index in [0.29, 0.717) is 6.54 Å². The smallest absolute Gasteiger partial charge is 0.309 e. The van der Waals surface area contributed by atoms with Crippen LogP contribution in [0.25, 0.3) is 0 Å². The van der Waals surface area contributed by atoms with Gasteiger partial charge in [0, 0.05) is 10.2 Å². The van der Waals surface area contributed by atoms with Crippen LogP contribution in [0, 0.1) is 0 Å². The molecule has 0 saturated carbocycles. The van der Waals surface area contributed by atoms with Gasteiger partial charge in [0.1, 0.15) is 0 Å². The zero-order chi connectivity index (χ0) is 8.04. The Balaban J connectivity index is 3.04. The Bertz CT molecular complexity index is 83.5. The molecule has 0 bridgehead atoms. The number of halogens is 3. The molecule has 0 aromatic carbocycles. The van der Waals surface area contributed by atoms with E-state index in [2.05, 4.69) is 5.32 Å². The molecule has 0 radical (unpaired) electrons. The van der Waals surface area contributed by atoms with Gasteiger partial charge >= 0.3 is 6.18 Å². The highest BCUT2D eigenvalue weighted by atomic mass is 28.1.